The quantitative estimate of drug-likeness (QED) is 0.857. The van der Waals surface area contributed by atoms with E-state index in [1.165, 1.54) is 18.7 Å². The Kier molecular flexibility index (Phi) is 3.71. The van der Waals surface area contributed by atoms with E-state index in [0.717, 1.165) is 25.5 Å². The number of nitrogens with one attached hydrogen (secondary N) is 1. The molecule has 0 aliphatic heterocycles. The maximum Gasteiger partial charge on any atom is 0.254 e. The third-order valence-electron chi connectivity index (χ3n) is 3.29. The molecular formula is C13H17FN2O. The average Bonchev–Trinajstić information content (AvgIpc) is 2.29. The number of halogens is 1. The third kappa shape index (κ3) is 3.02. The van der Waals surface area contributed by atoms with Gasteiger partial charge in [-0.05, 0) is 24.8 Å². The number of rotatable bonds is 2. The van der Waals surface area contributed by atoms with Gasteiger partial charge in [-0.3, -0.25) is 9.78 Å². The van der Waals surface area contributed by atoms with Gasteiger partial charge in [0.15, 0.2) is 5.82 Å². The van der Waals surface area contributed by atoms with Crippen LogP contribution in [0.15, 0.2) is 18.5 Å². The molecule has 17 heavy (non-hydrogen) atoms. The Morgan fingerprint density at radius 1 is 1.53 bits per heavy atom. The van der Waals surface area contributed by atoms with E-state index < -0.39 is 5.82 Å². The van der Waals surface area contributed by atoms with E-state index >= 15 is 0 Å². The Morgan fingerprint density at radius 3 is 3.06 bits per heavy atom. The number of nitrogens with zero attached hydrogens (tertiary/aromatic N) is 1. The predicted octanol–water partition coefficient (Wildman–Crippen LogP) is 2.53. The zero-order valence-electron chi connectivity index (χ0n) is 9.95. The molecule has 0 aromatic carbocycles. The molecule has 1 aliphatic carbocycles. The van der Waals surface area contributed by atoms with Gasteiger partial charge in [0, 0.05) is 12.2 Å². The largest absolute Gasteiger partial charge is 0.349 e. The van der Waals surface area contributed by atoms with E-state index in [4.69, 9.17) is 0 Å². The van der Waals surface area contributed by atoms with Crippen LogP contribution in [-0.4, -0.2) is 16.9 Å². The number of carbonyl (C=O) groups is 1. The molecule has 3 nitrogen and oxygen atoms in total. The number of carbonyl (C=O) groups excluding carboxylic acids is 1. The summed E-state index contributed by atoms with van der Waals surface area (Å²) in [6, 6.07) is 1.59. The molecule has 2 atom stereocenters. The standard InChI is InChI=1S/C13H17FN2O/c1-9-3-2-4-10(7-9)16-13(17)11-5-6-15-8-12(11)14/h5-6,8-10H,2-4,7H2,1H3,(H,16,17)/t9?,10-/m1/s1. The van der Waals surface area contributed by atoms with E-state index in [0.29, 0.717) is 5.92 Å². The van der Waals surface area contributed by atoms with Gasteiger partial charge in [0.05, 0.1) is 11.8 Å². The van der Waals surface area contributed by atoms with Gasteiger partial charge in [-0.15, -0.1) is 0 Å². The van der Waals surface area contributed by atoms with Crippen molar-refractivity contribution in [3.05, 3.63) is 29.8 Å². The number of hydrogen-bond donors (Lipinski definition) is 1. The Bertz CT molecular complexity index is 408. The molecule has 2 rings (SSSR count). The fraction of sp³-hybridized carbons (Fsp3) is 0.538. The van der Waals surface area contributed by atoms with Gasteiger partial charge in [0.1, 0.15) is 0 Å². The minimum absolute atomic E-state index is 0.0817. The van der Waals surface area contributed by atoms with E-state index in [1.807, 2.05) is 0 Å². The summed E-state index contributed by atoms with van der Waals surface area (Å²) in [7, 11) is 0. The van der Waals surface area contributed by atoms with Gasteiger partial charge < -0.3 is 5.32 Å². The highest BCUT2D eigenvalue weighted by atomic mass is 19.1. The molecule has 0 bridgehead atoms. The molecular weight excluding hydrogens is 219 g/mol. The molecule has 1 heterocycles. The minimum atomic E-state index is -0.561. The molecule has 1 saturated carbocycles. The smallest absolute Gasteiger partial charge is 0.254 e. The molecule has 1 aliphatic rings. The van der Waals surface area contributed by atoms with Gasteiger partial charge in [-0.25, -0.2) is 4.39 Å². The first-order valence-electron chi connectivity index (χ1n) is 6.07. The van der Waals surface area contributed by atoms with Crippen molar-refractivity contribution in [2.45, 2.75) is 38.6 Å². The van der Waals surface area contributed by atoms with Crippen LogP contribution in [0, 0.1) is 11.7 Å². The molecule has 1 unspecified atom stereocenters. The lowest BCUT2D eigenvalue weighted by atomic mass is 9.87. The maximum absolute atomic E-state index is 13.3. The van der Waals surface area contributed by atoms with Crippen LogP contribution in [0.4, 0.5) is 4.39 Å². The third-order valence-corrected chi connectivity index (χ3v) is 3.29. The van der Waals surface area contributed by atoms with Crippen LogP contribution in [0.25, 0.3) is 0 Å². The first-order chi connectivity index (χ1) is 8.16. The van der Waals surface area contributed by atoms with Gasteiger partial charge in [0.2, 0.25) is 0 Å². The van der Waals surface area contributed by atoms with Gasteiger partial charge in [0.25, 0.3) is 5.91 Å². The average molecular weight is 236 g/mol. The van der Waals surface area contributed by atoms with Crippen LogP contribution in [0.1, 0.15) is 43.0 Å². The molecule has 0 spiro atoms. The van der Waals surface area contributed by atoms with Crippen LogP contribution in [0.2, 0.25) is 0 Å². The summed E-state index contributed by atoms with van der Waals surface area (Å²) < 4.78 is 13.3. The summed E-state index contributed by atoms with van der Waals surface area (Å²) in [5, 5.41) is 2.90. The lowest BCUT2D eigenvalue weighted by Crippen LogP contribution is -2.38. The molecule has 1 N–H and O–H groups in total. The normalized spacial score (nSPS) is 24.4. The molecule has 92 valence electrons. The highest BCUT2D eigenvalue weighted by Gasteiger charge is 2.21. The summed E-state index contributed by atoms with van der Waals surface area (Å²) in [5.41, 5.74) is 0.0817. The summed E-state index contributed by atoms with van der Waals surface area (Å²) >= 11 is 0. The van der Waals surface area contributed by atoms with Crippen LogP contribution in [0.3, 0.4) is 0 Å². The second kappa shape index (κ2) is 5.25. The SMILES string of the molecule is CC1CCC[C@@H](NC(=O)c2ccncc2F)C1. The summed E-state index contributed by atoms with van der Waals surface area (Å²) in [5.74, 6) is -0.255. The number of pyridine rings is 1. The monoisotopic (exact) mass is 236 g/mol. The number of hydrogen-bond acceptors (Lipinski definition) is 2. The van der Waals surface area contributed by atoms with E-state index in [2.05, 4.69) is 17.2 Å². The van der Waals surface area contributed by atoms with Crippen molar-refractivity contribution >= 4 is 5.91 Å². The van der Waals surface area contributed by atoms with Gasteiger partial charge in [-0.2, -0.15) is 0 Å². The number of aromatic nitrogens is 1. The lowest BCUT2D eigenvalue weighted by molar-refractivity contribution is 0.0917. The van der Waals surface area contributed by atoms with E-state index in [9.17, 15) is 9.18 Å². The second-order valence-electron chi connectivity index (χ2n) is 4.80. The highest BCUT2D eigenvalue weighted by Crippen LogP contribution is 2.23. The van der Waals surface area contributed by atoms with Gasteiger partial charge >= 0.3 is 0 Å². The highest BCUT2D eigenvalue weighted by molar-refractivity contribution is 5.94. The fourth-order valence-corrected chi connectivity index (χ4v) is 2.39. The molecule has 4 heteroatoms. The first kappa shape index (κ1) is 12.0. The molecule has 1 aromatic heterocycles. The number of amides is 1. The first-order valence-corrected chi connectivity index (χ1v) is 6.07. The second-order valence-corrected chi connectivity index (χ2v) is 4.80. The topological polar surface area (TPSA) is 42.0 Å². The summed E-state index contributed by atoms with van der Waals surface area (Å²) in [6.45, 7) is 2.19. The molecule has 0 radical (unpaired) electrons. The van der Waals surface area contributed by atoms with Crippen LogP contribution in [-0.2, 0) is 0 Å². The van der Waals surface area contributed by atoms with Crippen molar-refractivity contribution in [2.75, 3.05) is 0 Å². The maximum atomic E-state index is 13.3. The zero-order valence-corrected chi connectivity index (χ0v) is 9.95. The molecule has 1 fully saturated rings. The zero-order chi connectivity index (χ0) is 12.3. The van der Waals surface area contributed by atoms with Crippen LogP contribution in [0.5, 0.6) is 0 Å². The van der Waals surface area contributed by atoms with E-state index in [1.54, 1.807) is 0 Å². The summed E-state index contributed by atoms with van der Waals surface area (Å²) in [4.78, 5) is 15.5. The fourth-order valence-electron chi connectivity index (χ4n) is 2.39. The lowest BCUT2D eigenvalue weighted by Gasteiger charge is -2.27. The van der Waals surface area contributed by atoms with Crippen LogP contribution < -0.4 is 5.32 Å². The predicted molar refractivity (Wildman–Crippen MR) is 63.1 cm³/mol. The molecule has 0 saturated heterocycles. The van der Waals surface area contributed by atoms with Crippen molar-refractivity contribution < 1.29 is 9.18 Å². The van der Waals surface area contributed by atoms with Crippen molar-refractivity contribution in [2.24, 2.45) is 5.92 Å². The van der Waals surface area contributed by atoms with Crippen molar-refractivity contribution in [3.8, 4) is 0 Å². The van der Waals surface area contributed by atoms with Crippen LogP contribution >= 0.6 is 0 Å². The Labute approximate surface area is 100 Å². The molecule has 1 amide bonds. The Morgan fingerprint density at radius 2 is 2.35 bits per heavy atom. The van der Waals surface area contributed by atoms with Crippen molar-refractivity contribution in [3.63, 3.8) is 0 Å². The Hall–Kier alpha value is -1.45. The van der Waals surface area contributed by atoms with Crippen molar-refractivity contribution in [1.82, 2.24) is 10.3 Å². The molecule has 1 aromatic rings. The Balaban J connectivity index is 1.99. The van der Waals surface area contributed by atoms with E-state index in [-0.39, 0.29) is 17.5 Å². The minimum Gasteiger partial charge on any atom is -0.349 e. The van der Waals surface area contributed by atoms with Crippen molar-refractivity contribution in [1.29, 1.82) is 0 Å². The summed E-state index contributed by atoms with van der Waals surface area (Å²) in [6.07, 6.45) is 6.82. The van der Waals surface area contributed by atoms with Gasteiger partial charge in [-0.1, -0.05) is 19.8 Å².